The van der Waals surface area contributed by atoms with E-state index in [1.807, 2.05) is 13.8 Å². The highest BCUT2D eigenvalue weighted by Crippen LogP contribution is 2.11. The van der Waals surface area contributed by atoms with Crippen LogP contribution < -0.4 is 10.5 Å². The van der Waals surface area contributed by atoms with Crippen LogP contribution in [0.4, 0.5) is 5.82 Å². The highest BCUT2D eigenvalue weighted by Gasteiger charge is 2.10. The maximum atomic E-state index is 11.4. The second kappa shape index (κ2) is 5.12. The predicted octanol–water partition coefficient (Wildman–Crippen LogP) is 0.710. The first-order valence-electron chi connectivity index (χ1n) is 5.40. The smallest absolute Gasteiger partial charge is 0.252 e. The number of rotatable bonds is 4. The Balaban J connectivity index is 3.00. The molecule has 0 aromatic carbocycles. The number of hydrogen-bond donors (Lipinski definition) is 2. The highest BCUT2D eigenvalue weighted by molar-refractivity contribution is 5.36. The lowest BCUT2D eigenvalue weighted by molar-refractivity contribution is 0.201. The zero-order valence-electron chi connectivity index (χ0n) is 10.2. The monoisotopic (exact) mass is 225 g/mol. The summed E-state index contributed by atoms with van der Waals surface area (Å²) in [6, 6.07) is 1.44. The lowest BCUT2D eigenvalue weighted by Crippen LogP contribution is -2.29. The van der Waals surface area contributed by atoms with Crippen molar-refractivity contribution in [2.24, 2.45) is 0 Å². The maximum absolute atomic E-state index is 11.4. The van der Waals surface area contributed by atoms with Gasteiger partial charge in [-0.1, -0.05) is 13.8 Å². The Morgan fingerprint density at radius 1 is 1.50 bits per heavy atom. The third kappa shape index (κ3) is 3.34. The molecular formula is C11H19N3O2. The van der Waals surface area contributed by atoms with E-state index in [1.54, 1.807) is 18.9 Å². The molecule has 5 heteroatoms. The lowest BCUT2D eigenvalue weighted by Gasteiger charge is -2.20. The first kappa shape index (κ1) is 12.7. The van der Waals surface area contributed by atoms with Crippen molar-refractivity contribution >= 4 is 5.82 Å². The van der Waals surface area contributed by atoms with Gasteiger partial charge in [0.2, 0.25) is 0 Å². The minimum Gasteiger partial charge on any atom is -0.392 e. The van der Waals surface area contributed by atoms with Crippen molar-refractivity contribution in [3.8, 4) is 0 Å². The second-order valence-corrected chi connectivity index (χ2v) is 4.37. The fraction of sp³-hybridized carbons (Fsp3) is 0.636. The van der Waals surface area contributed by atoms with Gasteiger partial charge in [0.05, 0.1) is 6.10 Å². The van der Waals surface area contributed by atoms with E-state index in [1.165, 1.54) is 6.07 Å². The Bertz CT molecular complexity index is 398. The van der Waals surface area contributed by atoms with Gasteiger partial charge in [0.1, 0.15) is 11.6 Å². The molecule has 0 amide bonds. The largest absolute Gasteiger partial charge is 0.392 e. The quantitative estimate of drug-likeness (QED) is 0.792. The van der Waals surface area contributed by atoms with Gasteiger partial charge in [-0.3, -0.25) is 4.79 Å². The number of nitrogens with one attached hydrogen (secondary N) is 1. The number of aromatic nitrogens is 2. The van der Waals surface area contributed by atoms with Crippen molar-refractivity contribution < 1.29 is 5.11 Å². The molecular weight excluding hydrogens is 206 g/mol. The summed E-state index contributed by atoms with van der Waals surface area (Å²) in [5.74, 6) is 1.43. The standard InChI is InChI=1S/C11H19N3O2/c1-7(2)11-12-9(5-10(16)13-11)14(4)6-8(3)15/h5,7-8,15H,6H2,1-4H3,(H,12,13,16). The van der Waals surface area contributed by atoms with Crippen LogP contribution in [0, 0.1) is 0 Å². The summed E-state index contributed by atoms with van der Waals surface area (Å²) >= 11 is 0. The minimum absolute atomic E-state index is 0.161. The lowest BCUT2D eigenvalue weighted by atomic mass is 10.2. The number of likely N-dealkylation sites (N-methyl/N-ethyl adjacent to an activating group) is 1. The highest BCUT2D eigenvalue weighted by atomic mass is 16.3. The Hall–Kier alpha value is -1.36. The molecule has 0 saturated carbocycles. The van der Waals surface area contributed by atoms with Gasteiger partial charge in [-0.2, -0.15) is 0 Å². The molecule has 0 radical (unpaired) electrons. The Morgan fingerprint density at radius 2 is 2.12 bits per heavy atom. The van der Waals surface area contributed by atoms with Gasteiger partial charge in [-0.05, 0) is 6.92 Å². The molecule has 1 unspecified atom stereocenters. The van der Waals surface area contributed by atoms with Crippen LogP contribution in [-0.2, 0) is 0 Å². The van der Waals surface area contributed by atoms with Crippen molar-refractivity contribution in [1.82, 2.24) is 9.97 Å². The number of aromatic amines is 1. The first-order valence-corrected chi connectivity index (χ1v) is 5.40. The topological polar surface area (TPSA) is 69.2 Å². The Kier molecular flexibility index (Phi) is 4.06. The Labute approximate surface area is 95.1 Å². The van der Waals surface area contributed by atoms with E-state index in [0.717, 1.165) is 0 Å². The molecule has 0 aliphatic rings. The summed E-state index contributed by atoms with van der Waals surface area (Å²) in [4.78, 5) is 20.2. The van der Waals surface area contributed by atoms with Crippen LogP contribution in [0.2, 0.25) is 0 Å². The number of nitrogens with zero attached hydrogens (tertiary/aromatic N) is 2. The van der Waals surface area contributed by atoms with E-state index in [4.69, 9.17) is 0 Å². The third-order valence-electron chi connectivity index (χ3n) is 2.22. The van der Waals surface area contributed by atoms with E-state index >= 15 is 0 Å². The van der Waals surface area contributed by atoms with E-state index in [2.05, 4.69) is 9.97 Å². The van der Waals surface area contributed by atoms with Gasteiger partial charge in [0.15, 0.2) is 0 Å². The molecule has 0 aliphatic carbocycles. The molecule has 0 aliphatic heterocycles. The molecule has 0 spiro atoms. The molecule has 1 heterocycles. The molecule has 5 nitrogen and oxygen atoms in total. The zero-order chi connectivity index (χ0) is 12.3. The Morgan fingerprint density at radius 3 is 2.62 bits per heavy atom. The molecule has 0 fully saturated rings. The zero-order valence-corrected chi connectivity index (χ0v) is 10.2. The summed E-state index contributed by atoms with van der Waals surface area (Å²) in [5, 5.41) is 9.28. The van der Waals surface area contributed by atoms with Gasteiger partial charge in [-0.25, -0.2) is 4.98 Å². The molecule has 1 aromatic heterocycles. The maximum Gasteiger partial charge on any atom is 0.252 e. The van der Waals surface area contributed by atoms with Crippen LogP contribution in [0.5, 0.6) is 0 Å². The second-order valence-electron chi connectivity index (χ2n) is 4.37. The van der Waals surface area contributed by atoms with Crippen LogP contribution in [-0.4, -0.2) is 34.8 Å². The first-order chi connectivity index (χ1) is 7.40. The van der Waals surface area contributed by atoms with Gasteiger partial charge in [0, 0.05) is 25.6 Å². The molecule has 1 aromatic rings. The molecule has 0 bridgehead atoms. The molecule has 0 saturated heterocycles. The van der Waals surface area contributed by atoms with E-state index in [9.17, 15) is 9.90 Å². The van der Waals surface area contributed by atoms with Crippen molar-refractivity contribution in [1.29, 1.82) is 0 Å². The van der Waals surface area contributed by atoms with Crippen LogP contribution in [0.25, 0.3) is 0 Å². The molecule has 16 heavy (non-hydrogen) atoms. The molecule has 2 N–H and O–H groups in total. The summed E-state index contributed by atoms with van der Waals surface area (Å²) in [7, 11) is 1.80. The summed E-state index contributed by atoms with van der Waals surface area (Å²) in [6.45, 7) is 6.09. The van der Waals surface area contributed by atoms with E-state index in [-0.39, 0.29) is 11.5 Å². The van der Waals surface area contributed by atoms with Crippen LogP contribution in [0.15, 0.2) is 10.9 Å². The number of hydrogen-bond acceptors (Lipinski definition) is 4. The fourth-order valence-electron chi connectivity index (χ4n) is 1.42. The third-order valence-corrected chi connectivity index (χ3v) is 2.22. The van der Waals surface area contributed by atoms with Crippen molar-refractivity contribution in [3.05, 3.63) is 22.2 Å². The summed E-state index contributed by atoms with van der Waals surface area (Å²) < 4.78 is 0. The van der Waals surface area contributed by atoms with Crippen LogP contribution >= 0.6 is 0 Å². The van der Waals surface area contributed by atoms with Crippen LogP contribution in [0.3, 0.4) is 0 Å². The molecule has 90 valence electrons. The number of anilines is 1. The van der Waals surface area contributed by atoms with Gasteiger partial charge in [-0.15, -0.1) is 0 Å². The fourth-order valence-corrected chi connectivity index (χ4v) is 1.42. The number of aliphatic hydroxyl groups excluding tert-OH is 1. The van der Waals surface area contributed by atoms with Gasteiger partial charge in [0.25, 0.3) is 5.56 Å². The summed E-state index contributed by atoms with van der Waals surface area (Å²) in [6.07, 6.45) is -0.450. The predicted molar refractivity (Wildman–Crippen MR) is 63.9 cm³/mol. The van der Waals surface area contributed by atoms with E-state index in [0.29, 0.717) is 18.2 Å². The number of H-pyrrole nitrogens is 1. The van der Waals surface area contributed by atoms with Crippen LogP contribution in [0.1, 0.15) is 32.5 Å². The minimum atomic E-state index is -0.450. The van der Waals surface area contributed by atoms with Crippen molar-refractivity contribution in [2.75, 3.05) is 18.5 Å². The van der Waals surface area contributed by atoms with E-state index < -0.39 is 6.10 Å². The number of aliphatic hydroxyl groups is 1. The van der Waals surface area contributed by atoms with Crippen molar-refractivity contribution in [3.63, 3.8) is 0 Å². The van der Waals surface area contributed by atoms with Crippen molar-refractivity contribution in [2.45, 2.75) is 32.8 Å². The average molecular weight is 225 g/mol. The molecule has 1 rings (SSSR count). The van der Waals surface area contributed by atoms with Gasteiger partial charge < -0.3 is 15.0 Å². The average Bonchev–Trinajstić information content (AvgIpc) is 2.15. The normalized spacial score (nSPS) is 12.9. The van der Waals surface area contributed by atoms with Gasteiger partial charge >= 0.3 is 0 Å². The molecule has 1 atom stereocenters. The SMILES string of the molecule is CC(O)CN(C)c1cc(=O)[nH]c(C(C)C)n1. The summed E-state index contributed by atoms with van der Waals surface area (Å²) in [5.41, 5.74) is -0.161.